The summed E-state index contributed by atoms with van der Waals surface area (Å²) in [4.78, 5) is 19.9. The normalized spacial score (nSPS) is 12.1. The molecule has 0 unspecified atom stereocenters. The van der Waals surface area contributed by atoms with Crippen molar-refractivity contribution in [3.05, 3.63) is 24.5 Å². The second kappa shape index (κ2) is 6.28. The first-order valence-electron chi connectivity index (χ1n) is 6.01. The van der Waals surface area contributed by atoms with Crippen LogP contribution in [0, 0.1) is 6.92 Å². The molecule has 2 N–H and O–H groups in total. The van der Waals surface area contributed by atoms with Gasteiger partial charge >= 0.3 is 6.03 Å². The molecule has 0 aliphatic carbocycles. The number of urea groups is 1. The van der Waals surface area contributed by atoms with Crippen LogP contribution in [0.1, 0.15) is 19.2 Å². The predicted octanol–water partition coefficient (Wildman–Crippen LogP) is 1.64. The molecule has 0 saturated heterocycles. The number of aryl methyl sites for hydroxylation is 1. The van der Waals surface area contributed by atoms with Crippen LogP contribution in [0.2, 0.25) is 0 Å². The van der Waals surface area contributed by atoms with E-state index in [-0.39, 0.29) is 12.1 Å². The van der Waals surface area contributed by atoms with Crippen molar-refractivity contribution in [2.24, 2.45) is 0 Å². The average Bonchev–Trinajstić information content (AvgIpc) is 3.00. The molecule has 102 valence electrons. The van der Waals surface area contributed by atoms with Crippen LogP contribution in [0.3, 0.4) is 0 Å². The first-order chi connectivity index (χ1) is 9.17. The zero-order valence-corrected chi connectivity index (χ0v) is 11.6. The van der Waals surface area contributed by atoms with Gasteiger partial charge in [0, 0.05) is 36.5 Å². The van der Waals surface area contributed by atoms with Gasteiger partial charge in [-0.3, -0.25) is 5.32 Å². The topological polar surface area (TPSA) is 84.7 Å². The molecule has 7 nitrogen and oxygen atoms in total. The van der Waals surface area contributed by atoms with Gasteiger partial charge < -0.3 is 9.88 Å². The number of carbonyl (C=O) groups is 1. The quantitative estimate of drug-likeness (QED) is 0.872. The summed E-state index contributed by atoms with van der Waals surface area (Å²) in [6.07, 6.45) is 6.16. The van der Waals surface area contributed by atoms with E-state index in [0.717, 1.165) is 6.42 Å². The molecule has 0 bridgehead atoms. The average molecular weight is 280 g/mol. The third-order valence-corrected chi connectivity index (χ3v) is 3.29. The van der Waals surface area contributed by atoms with Crippen LogP contribution in [0.15, 0.2) is 18.7 Å². The molecule has 2 amide bonds. The van der Waals surface area contributed by atoms with Gasteiger partial charge in [-0.2, -0.15) is 4.37 Å². The molecule has 0 aromatic carbocycles. The Kier molecular flexibility index (Phi) is 4.45. The van der Waals surface area contributed by atoms with Gasteiger partial charge in [0.1, 0.15) is 5.82 Å². The Labute approximate surface area is 115 Å². The lowest BCUT2D eigenvalue weighted by molar-refractivity contribution is 0.246. The molecular weight excluding hydrogens is 264 g/mol. The van der Waals surface area contributed by atoms with Crippen molar-refractivity contribution in [2.45, 2.75) is 32.9 Å². The van der Waals surface area contributed by atoms with Crippen molar-refractivity contribution in [3.63, 3.8) is 0 Å². The summed E-state index contributed by atoms with van der Waals surface area (Å²) >= 11 is 1.17. The lowest BCUT2D eigenvalue weighted by Crippen LogP contribution is -2.40. The highest BCUT2D eigenvalue weighted by molar-refractivity contribution is 7.09. The van der Waals surface area contributed by atoms with Crippen LogP contribution in [0.5, 0.6) is 0 Å². The van der Waals surface area contributed by atoms with E-state index >= 15 is 0 Å². The minimum Gasteiger partial charge on any atom is -0.335 e. The second-order valence-corrected chi connectivity index (χ2v) is 4.86. The third-order valence-electron chi connectivity index (χ3n) is 2.57. The number of hydrogen-bond acceptors (Lipinski definition) is 5. The number of anilines is 1. The van der Waals surface area contributed by atoms with Crippen LogP contribution >= 0.6 is 11.5 Å². The number of aromatic nitrogens is 4. The van der Waals surface area contributed by atoms with E-state index < -0.39 is 0 Å². The summed E-state index contributed by atoms with van der Waals surface area (Å²) < 4.78 is 5.94. The fourth-order valence-electron chi connectivity index (χ4n) is 1.59. The summed E-state index contributed by atoms with van der Waals surface area (Å²) in [5.74, 6) is 0.658. The highest BCUT2D eigenvalue weighted by atomic mass is 32.1. The van der Waals surface area contributed by atoms with Crippen molar-refractivity contribution < 1.29 is 4.79 Å². The van der Waals surface area contributed by atoms with Gasteiger partial charge in [-0.25, -0.2) is 14.8 Å². The Balaban J connectivity index is 1.85. The Bertz CT molecular complexity index is 523. The number of amides is 2. The molecule has 2 rings (SSSR count). The summed E-state index contributed by atoms with van der Waals surface area (Å²) in [5, 5.41) is 6.09. The molecule has 2 aromatic heterocycles. The van der Waals surface area contributed by atoms with Crippen molar-refractivity contribution >= 4 is 22.7 Å². The van der Waals surface area contributed by atoms with E-state index in [4.69, 9.17) is 0 Å². The lowest BCUT2D eigenvalue weighted by Gasteiger charge is -2.17. The maximum absolute atomic E-state index is 11.8. The lowest BCUT2D eigenvalue weighted by atomic mass is 10.2. The summed E-state index contributed by atoms with van der Waals surface area (Å²) in [6.45, 7) is 4.50. The van der Waals surface area contributed by atoms with E-state index in [0.29, 0.717) is 17.5 Å². The van der Waals surface area contributed by atoms with Crippen LogP contribution < -0.4 is 10.6 Å². The molecule has 8 heteroatoms. The number of carbonyl (C=O) groups excluding carboxylic acids is 1. The smallest absolute Gasteiger partial charge is 0.321 e. The molecular formula is C11H16N6OS. The first-order valence-corrected chi connectivity index (χ1v) is 6.78. The van der Waals surface area contributed by atoms with Crippen molar-refractivity contribution in [1.29, 1.82) is 0 Å². The Morgan fingerprint density at radius 1 is 1.58 bits per heavy atom. The van der Waals surface area contributed by atoms with E-state index in [2.05, 4.69) is 25.0 Å². The number of nitrogens with one attached hydrogen (secondary N) is 2. The zero-order valence-electron chi connectivity index (χ0n) is 10.8. The number of rotatable bonds is 5. The monoisotopic (exact) mass is 280 g/mol. The van der Waals surface area contributed by atoms with Gasteiger partial charge in [-0.1, -0.05) is 6.92 Å². The second-order valence-electron chi connectivity index (χ2n) is 4.11. The van der Waals surface area contributed by atoms with Crippen molar-refractivity contribution in [2.75, 3.05) is 5.32 Å². The number of nitrogens with zero attached hydrogens (tertiary/aromatic N) is 4. The predicted molar refractivity (Wildman–Crippen MR) is 73.1 cm³/mol. The van der Waals surface area contributed by atoms with Crippen molar-refractivity contribution in [3.8, 4) is 0 Å². The summed E-state index contributed by atoms with van der Waals surface area (Å²) in [7, 11) is 0. The Hall–Kier alpha value is -1.96. The van der Waals surface area contributed by atoms with E-state index in [1.54, 1.807) is 19.4 Å². The maximum Gasteiger partial charge on any atom is 0.321 e. The van der Waals surface area contributed by atoms with Crippen LogP contribution in [-0.2, 0) is 6.54 Å². The molecule has 19 heavy (non-hydrogen) atoms. The minimum atomic E-state index is -0.261. The van der Waals surface area contributed by atoms with Gasteiger partial charge in [0.05, 0.1) is 6.33 Å². The van der Waals surface area contributed by atoms with Gasteiger partial charge in [0.15, 0.2) is 0 Å². The molecule has 0 fully saturated rings. The van der Waals surface area contributed by atoms with Gasteiger partial charge in [0.25, 0.3) is 0 Å². The first kappa shape index (κ1) is 13.5. The SMILES string of the molecule is CC[C@@H](Cn1ccnc1)NC(=O)Nc1nc(C)ns1. The fraction of sp³-hybridized carbons (Fsp3) is 0.455. The Morgan fingerprint density at radius 3 is 3.00 bits per heavy atom. The molecule has 0 spiro atoms. The molecule has 2 heterocycles. The highest BCUT2D eigenvalue weighted by Crippen LogP contribution is 2.09. The zero-order chi connectivity index (χ0) is 13.7. The van der Waals surface area contributed by atoms with Crippen LogP contribution in [0.4, 0.5) is 9.93 Å². The number of hydrogen-bond donors (Lipinski definition) is 2. The summed E-state index contributed by atoms with van der Waals surface area (Å²) in [5.41, 5.74) is 0. The fourth-order valence-corrected chi connectivity index (χ4v) is 2.16. The van der Waals surface area contributed by atoms with Crippen LogP contribution in [-0.4, -0.2) is 31.0 Å². The van der Waals surface area contributed by atoms with E-state index in [1.165, 1.54) is 11.5 Å². The molecule has 0 saturated carbocycles. The maximum atomic E-state index is 11.8. The van der Waals surface area contributed by atoms with Gasteiger partial charge in [-0.05, 0) is 13.3 Å². The highest BCUT2D eigenvalue weighted by Gasteiger charge is 2.12. The molecule has 2 aromatic rings. The Morgan fingerprint density at radius 2 is 2.42 bits per heavy atom. The molecule has 1 atom stereocenters. The summed E-state index contributed by atoms with van der Waals surface area (Å²) in [6, 6.07) is -0.216. The van der Waals surface area contributed by atoms with Crippen LogP contribution in [0.25, 0.3) is 0 Å². The van der Waals surface area contributed by atoms with Gasteiger partial charge in [0.2, 0.25) is 5.13 Å². The molecule has 0 radical (unpaired) electrons. The van der Waals surface area contributed by atoms with Crippen molar-refractivity contribution in [1.82, 2.24) is 24.2 Å². The minimum absolute atomic E-state index is 0.0446. The largest absolute Gasteiger partial charge is 0.335 e. The van der Waals surface area contributed by atoms with E-state index in [1.807, 2.05) is 17.7 Å². The molecule has 0 aliphatic heterocycles. The standard InChI is InChI=1S/C11H16N6OS/c1-3-9(6-17-5-4-12-7-17)14-10(18)15-11-13-8(2)16-19-11/h4-5,7,9H,3,6H2,1-2H3,(H2,13,14,15,16,18)/t9-/m0/s1. The molecule has 0 aliphatic rings. The van der Waals surface area contributed by atoms with Gasteiger partial charge in [-0.15, -0.1) is 0 Å². The van der Waals surface area contributed by atoms with E-state index in [9.17, 15) is 4.79 Å². The number of imidazole rings is 1. The third kappa shape index (κ3) is 4.02.